The highest BCUT2D eigenvalue weighted by Crippen LogP contribution is 2.67. The van der Waals surface area contributed by atoms with Gasteiger partial charge in [-0.15, -0.1) is 0 Å². The molecule has 9 heteroatoms. The predicted octanol–water partition coefficient (Wildman–Crippen LogP) is 0.808. The van der Waals surface area contributed by atoms with Gasteiger partial charge in [-0.3, -0.25) is 14.4 Å². The van der Waals surface area contributed by atoms with Crippen molar-refractivity contribution in [3.05, 3.63) is 11.6 Å². The van der Waals surface area contributed by atoms with Crippen molar-refractivity contribution < 1.29 is 45.0 Å². The van der Waals surface area contributed by atoms with Crippen LogP contribution in [0.4, 0.5) is 0 Å². The second-order valence-corrected chi connectivity index (χ2v) is 11.6. The van der Waals surface area contributed by atoms with Crippen molar-refractivity contribution in [3.63, 3.8) is 0 Å². The molecule has 0 heterocycles. The van der Waals surface area contributed by atoms with E-state index in [0.29, 0.717) is 19.3 Å². The van der Waals surface area contributed by atoms with Gasteiger partial charge in [-0.1, -0.05) is 19.4 Å². The van der Waals surface area contributed by atoms with Crippen molar-refractivity contribution in [2.24, 2.45) is 28.6 Å². The van der Waals surface area contributed by atoms with Crippen molar-refractivity contribution in [1.29, 1.82) is 0 Å². The van der Waals surface area contributed by atoms with Crippen molar-refractivity contribution >= 4 is 23.5 Å². The van der Waals surface area contributed by atoms with E-state index in [2.05, 4.69) is 12.7 Å². The number of Topliss-reactive ketones (excluding diaryl/α,β-unsaturated/α-hetero) is 1. The minimum Gasteiger partial charge on any atom is -0.481 e. The Bertz CT molecular complexity index is 961. The van der Waals surface area contributed by atoms with Gasteiger partial charge in [0, 0.05) is 18.3 Å². The summed E-state index contributed by atoms with van der Waals surface area (Å²) in [5, 5.41) is 31.9. The summed E-state index contributed by atoms with van der Waals surface area (Å²) in [7, 11) is 0. The number of carboxylic acids is 1. The van der Waals surface area contributed by atoms with E-state index in [1.54, 1.807) is 6.08 Å². The van der Waals surface area contributed by atoms with Crippen LogP contribution in [0.3, 0.4) is 0 Å². The van der Waals surface area contributed by atoms with E-state index in [0.717, 1.165) is 18.4 Å². The maximum Gasteiger partial charge on any atom is 0.365 e. The number of ketones is 2. The molecule has 4 aliphatic rings. The number of esters is 1. The number of quaternary nitrogens is 1. The van der Waals surface area contributed by atoms with Gasteiger partial charge in [0.2, 0.25) is 5.78 Å². The molecule has 0 aromatic rings. The van der Waals surface area contributed by atoms with Gasteiger partial charge in [0.15, 0.2) is 18.4 Å². The van der Waals surface area contributed by atoms with Gasteiger partial charge in [0.25, 0.3) is 0 Å². The number of hydrogen-bond acceptors (Lipinski definition) is 7. The summed E-state index contributed by atoms with van der Waals surface area (Å²) in [6.45, 7) is 3.42. The van der Waals surface area contributed by atoms with Crippen LogP contribution >= 0.6 is 0 Å². The molecule has 0 bridgehead atoms. The van der Waals surface area contributed by atoms with Crippen LogP contribution in [0.5, 0.6) is 0 Å². The van der Waals surface area contributed by atoms with Crippen LogP contribution in [0.2, 0.25) is 0 Å². The Hall–Kier alpha value is -2.10. The number of aliphatic carboxylic acids is 1. The number of aliphatic hydroxyl groups excluding tert-OH is 1. The van der Waals surface area contributed by atoms with Gasteiger partial charge in [-0.2, -0.15) is 0 Å². The molecule has 0 spiro atoms. The Balaban J connectivity index is 1.49. The molecule has 35 heavy (non-hydrogen) atoms. The lowest BCUT2D eigenvalue weighted by molar-refractivity contribution is -0.409. The molecule has 4 aliphatic carbocycles. The standard InChI is InChI=1S/C26H37NO8/c1-24-9-7-15(28)11-14(24)3-4-16-17-8-10-26(34,25(17,2)12-19(29)22(16)24)20(30)13-35-23(33)18(27)5-6-21(31)32/h11,16-19,22,29,34H,3-10,12-13,27H2,1-2H3,(H,31,32)/p+1/t16?,17?,18-,19?,22?,24?,25?,26+/m1/s1. The zero-order valence-corrected chi connectivity index (χ0v) is 20.6. The summed E-state index contributed by atoms with van der Waals surface area (Å²) >= 11 is 0. The minimum atomic E-state index is -1.72. The van der Waals surface area contributed by atoms with E-state index >= 15 is 0 Å². The average Bonchev–Trinajstić information content (AvgIpc) is 3.06. The fourth-order valence-electron chi connectivity index (χ4n) is 7.94. The normalized spacial score (nSPS) is 41.2. The molecular weight excluding hydrogens is 454 g/mol. The molecule has 0 aromatic carbocycles. The number of ether oxygens (including phenoxy) is 1. The van der Waals surface area contributed by atoms with Gasteiger partial charge in [-0.05, 0) is 67.8 Å². The van der Waals surface area contributed by atoms with Crippen LogP contribution in [0, 0.1) is 28.6 Å². The molecule has 0 radical (unpaired) electrons. The third-order valence-electron chi connectivity index (χ3n) is 9.90. The van der Waals surface area contributed by atoms with Crippen LogP contribution in [0.15, 0.2) is 11.6 Å². The Morgan fingerprint density at radius 3 is 2.60 bits per heavy atom. The molecule has 9 nitrogen and oxygen atoms in total. The van der Waals surface area contributed by atoms with E-state index in [-0.39, 0.29) is 54.6 Å². The summed E-state index contributed by atoms with van der Waals surface area (Å²) in [6, 6.07) is -0.912. The summed E-state index contributed by atoms with van der Waals surface area (Å²) in [4.78, 5) is 48.2. The second-order valence-electron chi connectivity index (χ2n) is 11.6. The molecule has 6 unspecified atom stereocenters. The number of rotatable bonds is 7. The van der Waals surface area contributed by atoms with Crippen LogP contribution in [-0.2, 0) is 23.9 Å². The third kappa shape index (κ3) is 4.15. The molecule has 0 aliphatic heterocycles. The summed E-state index contributed by atoms with van der Waals surface area (Å²) in [6.07, 6.45) is 4.76. The first kappa shape index (κ1) is 26.0. The number of allylic oxidation sites excluding steroid dienone is 1. The maximum atomic E-state index is 13.2. The molecule has 0 amide bonds. The monoisotopic (exact) mass is 492 g/mol. The highest BCUT2D eigenvalue weighted by molar-refractivity contribution is 5.92. The number of carboxylic acid groups (broad SMARTS) is 1. The topological polar surface area (TPSA) is 166 Å². The number of carbonyl (C=O) groups excluding carboxylic acids is 3. The zero-order chi connectivity index (χ0) is 25.8. The van der Waals surface area contributed by atoms with Crippen LogP contribution < -0.4 is 5.73 Å². The highest BCUT2D eigenvalue weighted by atomic mass is 16.5. The Kier molecular flexibility index (Phi) is 6.74. The molecule has 4 rings (SSSR count). The summed E-state index contributed by atoms with van der Waals surface area (Å²) < 4.78 is 5.12. The van der Waals surface area contributed by atoms with Crippen molar-refractivity contribution in [2.75, 3.05) is 6.61 Å². The lowest BCUT2D eigenvalue weighted by atomic mass is 9.45. The molecule has 3 fully saturated rings. The van der Waals surface area contributed by atoms with E-state index in [1.165, 1.54) is 0 Å². The van der Waals surface area contributed by atoms with Crippen LogP contribution in [0.25, 0.3) is 0 Å². The second kappa shape index (κ2) is 9.09. The van der Waals surface area contributed by atoms with E-state index in [1.807, 2.05) is 6.92 Å². The lowest BCUT2D eigenvalue weighted by Gasteiger charge is -2.60. The van der Waals surface area contributed by atoms with Crippen molar-refractivity contribution in [1.82, 2.24) is 0 Å². The van der Waals surface area contributed by atoms with E-state index in [9.17, 15) is 29.4 Å². The van der Waals surface area contributed by atoms with Crippen molar-refractivity contribution in [2.45, 2.75) is 89.4 Å². The van der Waals surface area contributed by atoms with Crippen LogP contribution in [0.1, 0.15) is 71.6 Å². The van der Waals surface area contributed by atoms with Crippen molar-refractivity contribution in [3.8, 4) is 0 Å². The first-order valence-electron chi connectivity index (χ1n) is 12.7. The molecule has 6 N–H and O–H groups in total. The third-order valence-corrected chi connectivity index (χ3v) is 9.90. The fraction of sp³-hybridized carbons (Fsp3) is 0.769. The SMILES string of the molecule is CC12CCC(=O)C=C1CCC1C2C(O)CC2(C)C1CC[C@]2(O)C(=O)COC(=O)[C@H]([NH3+])CCC(=O)O. The van der Waals surface area contributed by atoms with E-state index in [4.69, 9.17) is 9.84 Å². The Morgan fingerprint density at radius 1 is 1.20 bits per heavy atom. The smallest absolute Gasteiger partial charge is 0.365 e. The van der Waals surface area contributed by atoms with Gasteiger partial charge < -0.3 is 25.8 Å². The number of aliphatic hydroxyl groups is 2. The summed E-state index contributed by atoms with van der Waals surface area (Å²) in [5.74, 6) is -2.11. The zero-order valence-electron chi connectivity index (χ0n) is 20.6. The predicted molar refractivity (Wildman–Crippen MR) is 123 cm³/mol. The highest BCUT2D eigenvalue weighted by Gasteiger charge is 2.68. The van der Waals surface area contributed by atoms with Gasteiger partial charge >= 0.3 is 11.9 Å². The average molecular weight is 493 g/mol. The maximum absolute atomic E-state index is 13.2. The molecule has 0 aromatic heterocycles. The first-order chi connectivity index (χ1) is 16.3. The molecule has 194 valence electrons. The lowest BCUT2D eigenvalue weighted by Crippen LogP contribution is -2.66. The largest absolute Gasteiger partial charge is 0.481 e. The Labute approximate surface area is 205 Å². The minimum absolute atomic E-state index is 0.00245. The molecule has 8 atom stereocenters. The first-order valence-corrected chi connectivity index (χ1v) is 12.7. The molecular formula is C26H38NO8+. The quantitative estimate of drug-likeness (QED) is 0.379. The molecule has 3 saturated carbocycles. The number of carbonyl (C=O) groups is 4. The van der Waals surface area contributed by atoms with Gasteiger partial charge in [0.05, 0.1) is 12.5 Å². The summed E-state index contributed by atoms with van der Waals surface area (Å²) in [5.41, 5.74) is 1.91. The number of hydrogen-bond donors (Lipinski definition) is 4. The fourth-order valence-corrected chi connectivity index (χ4v) is 7.94. The van der Waals surface area contributed by atoms with Gasteiger partial charge in [-0.25, -0.2) is 4.79 Å². The number of fused-ring (bicyclic) bond motifs is 5. The van der Waals surface area contributed by atoms with Gasteiger partial charge in [0.1, 0.15) is 5.60 Å². The van der Waals surface area contributed by atoms with Crippen LogP contribution in [-0.4, -0.2) is 63.2 Å². The van der Waals surface area contributed by atoms with E-state index < -0.39 is 47.5 Å². The molecule has 0 saturated heterocycles. The Morgan fingerprint density at radius 2 is 1.91 bits per heavy atom.